The number of allylic oxidation sites excluding steroid dienone is 1. The van der Waals surface area contributed by atoms with Gasteiger partial charge in [-0.2, -0.15) is 0 Å². The van der Waals surface area contributed by atoms with Gasteiger partial charge in [-0.3, -0.25) is 0 Å². The Morgan fingerprint density at radius 3 is 2.17 bits per heavy atom. The van der Waals surface area contributed by atoms with Gasteiger partial charge in [0.1, 0.15) is 0 Å². The first kappa shape index (κ1) is 18.1. The van der Waals surface area contributed by atoms with Gasteiger partial charge in [-0.1, -0.05) is 56.9 Å². The minimum Gasteiger partial charge on any atom is -0.320 e. The SMILES string of the molecule is CC[Si](CC)(CC)CCCCNC[SiH2]C=C(C)C. The van der Waals surface area contributed by atoms with E-state index in [0.717, 1.165) is 0 Å². The lowest BCUT2D eigenvalue weighted by atomic mass is 10.3. The highest BCUT2D eigenvalue weighted by molar-refractivity contribution is 6.79. The first-order valence-electron chi connectivity index (χ1n) is 7.94. The normalized spacial score (nSPS) is 12.3. The smallest absolute Gasteiger partial charge is 0.0608 e. The maximum Gasteiger partial charge on any atom is 0.0608 e. The van der Waals surface area contributed by atoms with Gasteiger partial charge in [0, 0.05) is 0 Å². The summed E-state index contributed by atoms with van der Waals surface area (Å²) in [7, 11) is -0.812. The molecule has 0 radical (unpaired) electrons. The van der Waals surface area contributed by atoms with E-state index in [2.05, 4.69) is 45.6 Å². The van der Waals surface area contributed by atoms with Crippen LogP contribution in [-0.4, -0.2) is 30.3 Å². The van der Waals surface area contributed by atoms with Crippen LogP contribution in [0, 0.1) is 0 Å². The summed E-state index contributed by atoms with van der Waals surface area (Å²) in [6.07, 6.45) is 4.12. The minimum atomic E-state index is -0.836. The summed E-state index contributed by atoms with van der Waals surface area (Å²) in [5.41, 5.74) is 3.95. The first-order valence-corrected chi connectivity index (χ1v) is 12.6. The number of nitrogens with one attached hydrogen (secondary N) is 1. The molecule has 18 heavy (non-hydrogen) atoms. The second kappa shape index (κ2) is 11.0. The van der Waals surface area contributed by atoms with E-state index in [9.17, 15) is 0 Å². The lowest BCUT2D eigenvalue weighted by Gasteiger charge is -2.28. The van der Waals surface area contributed by atoms with Crippen molar-refractivity contribution in [2.75, 3.05) is 12.7 Å². The molecule has 0 fully saturated rings. The molecule has 1 nitrogen and oxygen atoms in total. The minimum absolute atomic E-state index is 0.0246. The van der Waals surface area contributed by atoms with Gasteiger partial charge in [0.25, 0.3) is 0 Å². The molecule has 0 heterocycles. The monoisotopic (exact) mass is 285 g/mol. The molecule has 0 aromatic rings. The van der Waals surface area contributed by atoms with Crippen LogP contribution in [0.1, 0.15) is 47.5 Å². The van der Waals surface area contributed by atoms with Gasteiger partial charge in [-0.15, -0.1) is 5.70 Å². The summed E-state index contributed by atoms with van der Waals surface area (Å²) in [5.74, 6) is 0. The Labute approximate surface area is 119 Å². The molecule has 0 aromatic heterocycles. The maximum absolute atomic E-state index is 3.61. The molecule has 0 aliphatic heterocycles. The van der Waals surface area contributed by atoms with Gasteiger partial charge >= 0.3 is 0 Å². The first-order chi connectivity index (χ1) is 8.60. The van der Waals surface area contributed by atoms with Crippen molar-refractivity contribution in [3.05, 3.63) is 11.3 Å². The topological polar surface area (TPSA) is 12.0 Å². The average molecular weight is 286 g/mol. The molecule has 0 atom stereocenters. The molecule has 0 amide bonds. The predicted octanol–water partition coefficient (Wildman–Crippen LogP) is 3.91. The van der Waals surface area contributed by atoms with Crippen LogP contribution in [0.25, 0.3) is 0 Å². The number of rotatable bonds is 11. The number of hydrogen-bond acceptors (Lipinski definition) is 1. The Kier molecular flexibility index (Phi) is 11.1. The fourth-order valence-corrected chi connectivity index (χ4v) is 7.35. The lowest BCUT2D eigenvalue weighted by Crippen LogP contribution is -2.31. The fraction of sp³-hybridized carbons (Fsp3) is 0.867. The molecule has 0 aliphatic rings. The molecule has 0 aromatic carbocycles. The van der Waals surface area contributed by atoms with Gasteiger partial charge < -0.3 is 5.32 Å². The van der Waals surface area contributed by atoms with Gasteiger partial charge in [0.2, 0.25) is 0 Å². The van der Waals surface area contributed by atoms with Crippen LogP contribution in [0.15, 0.2) is 11.3 Å². The van der Waals surface area contributed by atoms with Crippen molar-refractivity contribution in [1.29, 1.82) is 0 Å². The quantitative estimate of drug-likeness (QED) is 0.448. The molecule has 0 saturated carbocycles. The summed E-state index contributed by atoms with van der Waals surface area (Å²) >= 11 is 0. The summed E-state index contributed by atoms with van der Waals surface area (Å²) in [6, 6.07) is 6.02. The summed E-state index contributed by atoms with van der Waals surface area (Å²) in [6.45, 7) is 12.9. The predicted molar refractivity (Wildman–Crippen MR) is 92.1 cm³/mol. The molecule has 3 heteroatoms. The zero-order valence-corrected chi connectivity index (χ0v) is 15.9. The molecule has 0 unspecified atom stereocenters. The molecule has 0 saturated heterocycles. The third-order valence-electron chi connectivity index (χ3n) is 4.43. The third kappa shape index (κ3) is 8.27. The van der Waals surface area contributed by atoms with Crippen molar-refractivity contribution in [1.82, 2.24) is 5.32 Å². The molecular formula is C15H35NSi2. The number of unbranched alkanes of at least 4 members (excludes halogenated alkanes) is 1. The van der Waals surface area contributed by atoms with Crippen molar-refractivity contribution < 1.29 is 0 Å². The van der Waals surface area contributed by atoms with E-state index in [1.54, 1.807) is 6.04 Å². The largest absolute Gasteiger partial charge is 0.320 e. The molecular weight excluding hydrogens is 250 g/mol. The second-order valence-electron chi connectivity index (χ2n) is 5.84. The molecule has 0 spiro atoms. The third-order valence-corrected chi connectivity index (χ3v) is 12.1. The van der Waals surface area contributed by atoms with E-state index in [-0.39, 0.29) is 9.52 Å². The summed E-state index contributed by atoms with van der Waals surface area (Å²) in [4.78, 5) is 0. The van der Waals surface area contributed by atoms with Crippen molar-refractivity contribution in [3.8, 4) is 0 Å². The highest BCUT2D eigenvalue weighted by Crippen LogP contribution is 2.26. The van der Waals surface area contributed by atoms with Gasteiger partial charge in [0.05, 0.1) is 17.6 Å². The number of hydrogen-bond donors (Lipinski definition) is 1. The van der Waals surface area contributed by atoms with E-state index >= 15 is 0 Å². The van der Waals surface area contributed by atoms with Crippen molar-refractivity contribution >= 4 is 17.6 Å². The molecule has 1 N–H and O–H groups in total. The van der Waals surface area contributed by atoms with Crippen LogP contribution < -0.4 is 5.32 Å². The van der Waals surface area contributed by atoms with Crippen LogP contribution in [-0.2, 0) is 0 Å². The van der Waals surface area contributed by atoms with Crippen molar-refractivity contribution in [2.24, 2.45) is 0 Å². The standard InChI is InChI=1S/C15H35NSi2/c1-6-18(7-2,8-3)12-10-9-11-16-14-17-13-15(4)5/h13,16H,6-12,14,17H2,1-5H3. The second-order valence-corrected chi connectivity index (χ2v) is 12.9. The van der Waals surface area contributed by atoms with Crippen LogP contribution in [0.3, 0.4) is 0 Å². The Hall–Kier alpha value is 0.134. The molecule has 0 aliphatic carbocycles. The van der Waals surface area contributed by atoms with Crippen molar-refractivity contribution in [2.45, 2.75) is 71.6 Å². The van der Waals surface area contributed by atoms with Gasteiger partial charge in [-0.25, -0.2) is 0 Å². The van der Waals surface area contributed by atoms with E-state index in [1.165, 1.54) is 49.3 Å². The van der Waals surface area contributed by atoms with E-state index in [1.807, 2.05) is 0 Å². The average Bonchev–Trinajstić information content (AvgIpc) is 2.38. The van der Waals surface area contributed by atoms with E-state index in [4.69, 9.17) is 0 Å². The van der Waals surface area contributed by atoms with Gasteiger partial charge in [0.15, 0.2) is 0 Å². The van der Waals surface area contributed by atoms with E-state index < -0.39 is 8.07 Å². The van der Waals surface area contributed by atoms with Crippen LogP contribution in [0.4, 0.5) is 0 Å². The zero-order valence-electron chi connectivity index (χ0n) is 13.4. The van der Waals surface area contributed by atoms with Gasteiger partial charge in [-0.05, 0) is 33.0 Å². The zero-order chi connectivity index (χ0) is 13.9. The fourth-order valence-electron chi connectivity index (χ4n) is 2.62. The highest BCUT2D eigenvalue weighted by atomic mass is 28.3. The Bertz CT molecular complexity index is 210. The van der Waals surface area contributed by atoms with Crippen LogP contribution >= 0.6 is 0 Å². The highest BCUT2D eigenvalue weighted by Gasteiger charge is 2.25. The maximum atomic E-state index is 3.61. The molecule has 0 bridgehead atoms. The Morgan fingerprint density at radius 1 is 1.06 bits per heavy atom. The van der Waals surface area contributed by atoms with E-state index in [0.29, 0.717) is 0 Å². The molecule has 0 rings (SSSR count). The lowest BCUT2D eigenvalue weighted by molar-refractivity contribution is 0.689. The summed E-state index contributed by atoms with van der Waals surface area (Å²) < 4.78 is 0. The Morgan fingerprint density at radius 2 is 1.67 bits per heavy atom. The summed E-state index contributed by atoms with van der Waals surface area (Å²) in [5, 5.41) is 3.61. The van der Waals surface area contributed by atoms with Crippen molar-refractivity contribution in [3.63, 3.8) is 0 Å². The Balaban J connectivity index is 3.52. The van der Waals surface area contributed by atoms with Crippen LogP contribution in [0.5, 0.6) is 0 Å². The molecule has 108 valence electrons. The van der Waals surface area contributed by atoms with Crippen LogP contribution in [0.2, 0.25) is 24.2 Å².